The molecular formula is C30H38N2O5. The lowest BCUT2D eigenvalue weighted by atomic mass is 9.77. The van der Waals surface area contributed by atoms with Crippen molar-refractivity contribution in [1.29, 1.82) is 0 Å². The quantitative estimate of drug-likeness (QED) is 0.435. The van der Waals surface area contributed by atoms with E-state index in [1.54, 1.807) is 0 Å². The van der Waals surface area contributed by atoms with Gasteiger partial charge in [-0.25, -0.2) is 9.59 Å². The highest BCUT2D eigenvalue weighted by atomic mass is 16.6. The van der Waals surface area contributed by atoms with E-state index in [1.807, 2.05) is 30.3 Å². The lowest BCUT2D eigenvalue weighted by Gasteiger charge is -2.36. The first kappa shape index (κ1) is 25.7. The van der Waals surface area contributed by atoms with Crippen molar-refractivity contribution in [2.75, 3.05) is 6.61 Å². The summed E-state index contributed by atoms with van der Waals surface area (Å²) in [5.41, 5.74) is 5.07. The molecule has 37 heavy (non-hydrogen) atoms. The van der Waals surface area contributed by atoms with Crippen molar-refractivity contribution in [2.45, 2.75) is 94.8 Å². The van der Waals surface area contributed by atoms with Crippen LogP contribution in [-0.2, 0) is 33.5 Å². The summed E-state index contributed by atoms with van der Waals surface area (Å²) in [7, 11) is 0. The molecule has 2 aromatic rings. The largest absolute Gasteiger partial charge is 0.480 e. The summed E-state index contributed by atoms with van der Waals surface area (Å²) in [5.74, 6) is -0.266. The molecule has 1 amide bonds. The van der Waals surface area contributed by atoms with Crippen LogP contribution in [-0.4, -0.2) is 47.0 Å². The van der Waals surface area contributed by atoms with Crippen LogP contribution in [0, 0.1) is 5.92 Å². The zero-order chi connectivity index (χ0) is 25.6. The molecule has 7 nitrogen and oxygen atoms in total. The number of hydrogen-bond donors (Lipinski definition) is 2. The van der Waals surface area contributed by atoms with E-state index >= 15 is 0 Å². The number of aliphatic carboxylic acids is 1. The molecule has 0 radical (unpaired) electrons. The summed E-state index contributed by atoms with van der Waals surface area (Å²) < 4.78 is 11.5. The van der Waals surface area contributed by atoms with Crippen LogP contribution in [0.2, 0.25) is 0 Å². The third-order valence-electron chi connectivity index (χ3n) is 8.28. The van der Waals surface area contributed by atoms with Crippen LogP contribution in [0.15, 0.2) is 42.5 Å². The van der Waals surface area contributed by atoms with Crippen LogP contribution in [0.1, 0.15) is 79.8 Å². The van der Waals surface area contributed by atoms with Gasteiger partial charge in [0.05, 0.1) is 6.10 Å². The standard InChI is InChI=1S/C30H38N2O5/c33-29(34)27(32-30(35)37-28-15-14-25(28)21-6-2-1-3-7-21)16-17-36-24-18-20(19-24)10-12-23-13-11-22-8-4-5-9-26(22)31-23/h1-3,6-7,11,13,20,24-25,27-28H,4-5,8-10,12,14-19H2,(H,32,35)(H,33,34). The number of nitrogens with zero attached hydrogens (tertiary/aromatic N) is 1. The Morgan fingerprint density at radius 1 is 1.05 bits per heavy atom. The maximum Gasteiger partial charge on any atom is 0.408 e. The molecule has 1 heterocycles. The Hall–Kier alpha value is -2.93. The van der Waals surface area contributed by atoms with Gasteiger partial charge in [-0.05, 0) is 87.3 Å². The lowest BCUT2D eigenvalue weighted by molar-refractivity contribution is -0.140. The Morgan fingerprint density at radius 2 is 1.86 bits per heavy atom. The van der Waals surface area contributed by atoms with E-state index in [1.165, 1.54) is 36.2 Å². The van der Waals surface area contributed by atoms with Crippen molar-refractivity contribution >= 4 is 12.1 Å². The maximum atomic E-state index is 12.4. The van der Waals surface area contributed by atoms with E-state index in [9.17, 15) is 14.7 Å². The average molecular weight is 507 g/mol. The van der Waals surface area contributed by atoms with Gasteiger partial charge in [-0.1, -0.05) is 36.4 Å². The predicted molar refractivity (Wildman–Crippen MR) is 140 cm³/mol. The van der Waals surface area contributed by atoms with Gasteiger partial charge in [-0.3, -0.25) is 4.98 Å². The van der Waals surface area contributed by atoms with Crippen LogP contribution in [0.3, 0.4) is 0 Å². The molecule has 1 aromatic heterocycles. The monoisotopic (exact) mass is 506 g/mol. The molecular weight excluding hydrogens is 468 g/mol. The molecule has 3 aliphatic carbocycles. The van der Waals surface area contributed by atoms with E-state index in [2.05, 4.69) is 17.4 Å². The minimum atomic E-state index is -1.07. The minimum absolute atomic E-state index is 0.171. The van der Waals surface area contributed by atoms with E-state index in [4.69, 9.17) is 14.5 Å². The number of nitrogens with one attached hydrogen (secondary N) is 1. The Morgan fingerprint density at radius 3 is 2.62 bits per heavy atom. The van der Waals surface area contributed by atoms with Gasteiger partial charge in [-0.15, -0.1) is 0 Å². The van der Waals surface area contributed by atoms with Gasteiger partial charge in [-0.2, -0.15) is 0 Å². The fraction of sp³-hybridized carbons (Fsp3) is 0.567. The second kappa shape index (κ2) is 12.1. The van der Waals surface area contributed by atoms with Crippen molar-refractivity contribution < 1.29 is 24.2 Å². The number of amides is 1. The number of aromatic nitrogens is 1. The molecule has 0 aliphatic heterocycles. The Balaban J connectivity index is 0.976. The molecule has 0 saturated heterocycles. The second-order valence-electron chi connectivity index (χ2n) is 10.8. The van der Waals surface area contributed by atoms with Gasteiger partial charge in [0.2, 0.25) is 0 Å². The van der Waals surface area contributed by atoms with E-state index in [0.717, 1.165) is 50.5 Å². The lowest BCUT2D eigenvalue weighted by Crippen LogP contribution is -2.45. The van der Waals surface area contributed by atoms with Gasteiger partial charge in [0.25, 0.3) is 0 Å². The third kappa shape index (κ3) is 6.69. The molecule has 0 spiro atoms. The summed E-state index contributed by atoms with van der Waals surface area (Å²) in [6, 6.07) is 13.4. The molecule has 3 atom stereocenters. The number of carboxylic acid groups (broad SMARTS) is 1. The molecule has 5 rings (SSSR count). The Bertz CT molecular complexity index is 1070. The Labute approximate surface area is 219 Å². The molecule has 2 saturated carbocycles. The zero-order valence-electron chi connectivity index (χ0n) is 21.4. The number of hydrogen-bond acceptors (Lipinski definition) is 5. The number of benzene rings is 1. The van der Waals surface area contributed by atoms with Crippen LogP contribution in [0.4, 0.5) is 4.79 Å². The maximum absolute atomic E-state index is 12.4. The Kier molecular flexibility index (Phi) is 8.39. The van der Waals surface area contributed by atoms with Gasteiger partial charge >= 0.3 is 12.1 Å². The van der Waals surface area contributed by atoms with Crippen LogP contribution in [0.25, 0.3) is 0 Å². The van der Waals surface area contributed by atoms with Gasteiger partial charge in [0, 0.05) is 30.3 Å². The summed E-state index contributed by atoms with van der Waals surface area (Å²) >= 11 is 0. The summed E-state index contributed by atoms with van der Waals surface area (Å²) in [5, 5.41) is 12.1. The SMILES string of the molecule is O=C(NC(CCOC1CC(CCc2ccc3c(n2)CCCC3)C1)C(=O)O)OC1CCC1c1ccccc1. The summed E-state index contributed by atoms with van der Waals surface area (Å²) in [6.45, 7) is 0.303. The first-order valence-corrected chi connectivity index (χ1v) is 13.9. The normalized spacial score (nSPS) is 25.2. The molecule has 0 bridgehead atoms. The highest BCUT2D eigenvalue weighted by Gasteiger charge is 2.36. The zero-order valence-corrected chi connectivity index (χ0v) is 21.4. The highest BCUT2D eigenvalue weighted by molar-refractivity contribution is 5.79. The number of pyridine rings is 1. The number of aryl methyl sites for hydroxylation is 3. The fourth-order valence-corrected chi connectivity index (χ4v) is 5.78. The predicted octanol–water partition coefficient (Wildman–Crippen LogP) is 5.20. The van der Waals surface area contributed by atoms with Crippen molar-refractivity contribution in [1.82, 2.24) is 10.3 Å². The number of alkyl carbamates (subject to hydrolysis) is 1. The molecule has 7 heteroatoms. The van der Waals surface area contributed by atoms with E-state index in [-0.39, 0.29) is 24.5 Å². The summed E-state index contributed by atoms with van der Waals surface area (Å²) in [6.07, 6.45) is 10.2. The highest BCUT2D eigenvalue weighted by Crippen LogP contribution is 2.39. The van der Waals surface area contributed by atoms with Crippen LogP contribution < -0.4 is 5.32 Å². The molecule has 3 unspecified atom stereocenters. The number of fused-ring (bicyclic) bond motifs is 1. The third-order valence-corrected chi connectivity index (χ3v) is 8.28. The summed E-state index contributed by atoms with van der Waals surface area (Å²) in [4.78, 5) is 28.9. The van der Waals surface area contributed by atoms with Crippen molar-refractivity contribution in [2.24, 2.45) is 5.92 Å². The number of carbonyl (C=O) groups excluding carboxylic acids is 1. The van der Waals surface area contributed by atoms with Crippen LogP contribution >= 0.6 is 0 Å². The van der Waals surface area contributed by atoms with E-state index < -0.39 is 18.1 Å². The topological polar surface area (TPSA) is 97.8 Å². The number of carbonyl (C=O) groups is 2. The van der Waals surface area contributed by atoms with Crippen molar-refractivity contribution in [3.63, 3.8) is 0 Å². The second-order valence-corrected chi connectivity index (χ2v) is 10.8. The number of carboxylic acids is 1. The minimum Gasteiger partial charge on any atom is -0.480 e. The van der Waals surface area contributed by atoms with Gasteiger partial charge < -0.3 is 19.9 Å². The number of rotatable bonds is 11. The van der Waals surface area contributed by atoms with Crippen molar-refractivity contribution in [3.05, 3.63) is 65.0 Å². The molecule has 2 fully saturated rings. The first-order chi connectivity index (χ1) is 18.0. The van der Waals surface area contributed by atoms with Gasteiger partial charge in [0.1, 0.15) is 12.1 Å². The van der Waals surface area contributed by atoms with Crippen molar-refractivity contribution in [3.8, 4) is 0 Å². The fourth-order valence-electron chi connectivity index (χ4n) is 5.78. The molecule has 198 valence electrons. The van der Waals surface area contributed by atoms with E-state index in [0.29, 0.717) is 12.5 Å². The first-order valence-electron chi connectivity index (χ1n) is 13.9. The molecule has 3 aliphatic rings. The molecule has 2 N–H and O–H groups in total. The van der Waals surface area contributed by atoms with Crippen LogP contribution in [0.5, 0.6) is 0 Å². The average Bonchev–Trinajstić information content (AvgIpc) is 2.87. The smallest absolute Gasteiger partial charge is 0.408 e. The number of ether oxygens (including phenoxy) is 2. The molecule has 1 aromatic carbocycles. The van der Waals surface area contributed by atoms with Gasteiger partial charge in [0.15, 0.2) is 0 Å².